The molecule has 0 aliphatic carbocycles. The van der Waals surface area contributed by atoms with Gasteiger partial charge in [0.15, 0.2) is 5.78 Å². The zero-order valence-electron chi connectivity index (χ0n) is 14.9. The van der Waals surface area contributed by atoms with Crippen molar-refractivity contribution in [3.8, 4) is 0 Å². The Balaban J connectivity index is 1.83. The lowest BCUT2D eigenvalue weighted by atomic mass is 10.1. The van der Waals surface area contributed by atoms with E-state index in [-0.39, 0.29) is 17.9 Å². The average molecular weight is 361 g/mol. The highest BCUT2D eigenvalue weighted by Crippen LogP contribution is 2.13. The van der Waals surface area contributed by atoms with E-state index < -0.39 is 11.8 Å². The SMILES string of the molecule is CCOC(=O)N1CCC(NC(=O)C(=O)Nc2cccc(C(C)=O)c2)CC1. The van der Waals surface area contributed by atoms with Gasteiger partial charge < -0.3 is 20.3 Å². The van der Waals surface area contributed by atoms with Crippen molar-refractivity contribution < 1.29 is 23.9 Å². The number of ether oxygens (including phenoxy) is 1. The van der Waals surface area contributed by atoms with Gasteiger partial charge in [-0.05, 0) is 38.8 Å². The van der Waals surface area contributed by atoms with Gasteiger partial charge in [0.25, 0.3) is 0 Å². The molecule has 8 heteroatoms. The fourth-order valence-corrected chi connectivity index (χ4v) is 2.68. The quantitative estimate of drug-likeness (QED) is 0.626. The molecule has 0 unspecified atom stereocenters. The molecule has 3 amide bonds. The number of Topliss-reactive ketones (excluding diaryl/α,β-unsaturated/α-hetero) is 1. The molecule has 0 radical (unpaired) electrons. The van der Waals surface area contributed by atoms with E-state index in [0.29, 0.717) is 43.8 Å². The number of anilines is 1. The number of hydrogen-bond donors (Lipinski definition) is 2. The third-order valence-electron chi connectivity index (χ3n) is 4.09. The Morgan fingerprint density at radius 2 is 1.85 bits per heavy atom. The van der Waals surface area contributed by atoms with E-state index in [1.807, 2.05) is 0 Å². The Morgan fingerprint density at radius 1 is 1.15 bits per heavy atom. The van der Waals surface area contributed by atoms with E-state index in [1.165, 1.54) is 13.0 Å². The topological polar surface area (TPSA) is 105 Å². The molecule has 26 heavy (non-hydrogen) atoms. The Bertz CT molecular complexity index is 696. The molecule has 0 bridgehead atoms. The zero-order valence-corrected chi connectivity index (χ0v) is 14.9. The Labute approximate surface area is 151 Å². The number of benzene rings is 1. The van der Waals surface area contributed by atoms with Crippen LogP contribution in [0.2, 0.25) is 0 Å². The highest BCUT2D eigenvalue weighted by atomic mass is 16.6. The minimum atomic E-state index is -0.793. The van der Waals surface area contributed by atoms with Crippen LogP contribution in [0.1, 0.15) is 37.0 Å². The maximum Gasteiger partial charge on any atom is 0.409 e. The second kappa shape index (κ2) is 8.98. The highest BCUT2D eigenvalue weighted by Gasteiger charge is 2.26. The summed E-state index contributed by atoms with van der Waals surface area (Å²) in [6.45, 7) is 4.42. The second-order valence-electron chi connectivity index (χ2n) is 6.02. The Kier molecular flexibility index (Phi) is 6.71. The predicted molar refractivity (Wildman–Crippen MR) is 94.8 cm³/mol. The molecule has 1 saturated heterocycles. The fraction of sp³-hybridized carbons (Fsp3) is 0.444. The third kappa shape index (κ3) is 5.30. The molecule has 0 atom stereocenters. The molecule has 8 nitrogen and oxygen atoms in total. The number of rotatable bonds is 4. The van der Waals surface area contributed by atoms with Gasteiger partial charge in [-0.25, -0.2) is 4.79 Å². The average Bonchev–Trinajstić information content (AvgIpc) is 2.62. The first-order chi connectivity index (χ1) is 12.4. The number of likely N-dealkylation sites (tertiary alicyclic amines) is 1. The molecule has 2 rings (SSSR count). The number of nitrogens with one attached hydrogen (secondary N) is 2. The molecule has 1 fully saturated rings. The van der Waals surface area contributed by atoms with Crippen LogP contribution in [0.5, 0.6) is 0 Å². The fourth-order valence-electron chi connectivity index (χ4n) is 2.68. The summed E-state index contributed by atoms with van der Waals surface area (Å²) in [5, 5.41) is 5.15. The molecule has 0 saturated carbocycles. The van der Waals surface area contributed by atoms with Gasteiger partial charge in [-0.1, -0.05) is 12.1 Å². The summed E-state index contributed by atoms with van der Waals surface area (Å²) in [5.41, 5.74) is 0.838. The summed E-state index contributed by atoms with van der Waals surface area (Å²) in [6.07, 6.45) is 0.746. The molecular formula is C18H23N3O5. The largest absolute Gasteiger partial charge is 0.450 e. The van der Waals surface area contributed by atoms with E-state index in [9.17, 15) is 19.2 Å². The summed E-state index contributed by atoms with van der Waals surface area (Å²) in [7, 11) is 0. The van der Waals surface area contributed by atoms with Crippen molar-refractivity contribution in [2.75, 3.05) is 25.0 Å². The lowest BCUT2D eigenvalue weighted by Gasteiger charge is -2.31. The van der Waals surface area contributed by atoms with Crippen LogP contribution in [-0.2, 0) is 14.3 Å². The van der Waals surface area contributed by atoms with Crippen LogP contribution >= 0.6 is 0 Å². The summed E-state index contributed by atoms with van der Waals surface area (Å²) in [5.74, 6) is -1.66. The van der Waals surface area contributed by atoms with Crippen molar-refractivity contribution in [1.29, 1.82) is 0 Å². The maximum atomic E-state index is 12.1. The molecule has 2 N–H and O–H groups in total. The van der Waals surface area contributed by atoms with Crippen LogP contribution in [0.4, 0.5) is 10.5 Å². The van der Waals surface area contributed by atoms with Crippen LogP contribution in [0.15, 0.2) is 24.3 Å². The van der Waals surface area contributed by atoms with Crippen molar-refractivity contribution in [3.63, 3.8) is 0 Å². The molecule has 0 spiro atoms. The second-order valence-corrected chi connectivity index (χ2v) is 6.02. The smallest absolute Gasteiger partial charge is 0.409 e. The van der Waals surface area contributed by atoms with Crippen molar-refractivity contribution in [2.45, 2.75) is 32.7 Å². The number of carbonyl (C=O) groups excluding carboxylic acids is 4. The maximum absolute atomic E-state index is 12.1. The first-order valence-electron chi connectivity index (χ1n) is 8.55. The van der Waals surface area contributed by atoms with Crippen molar-refractivity contribution in [2.24, 2.45) is 0 Å². The van der Waals surface area contributed by atoms with E-state index in [4.69, 9.17) is 4.74 Å². The Hall–Kier alpha value is -2.90. The van der Waals surface area contributed by atoms with Gasteiger partial charge in [0.1, 0.15) is 0 Å². The molecule has 1 aliphatic rings. The molecular weight excluding hydrogens is 338 g/mol. The molecule has 140 valence electrons. The van der Waals surface area contributed by atoms with Crippen LogP contribution in [0.25, 0.3) is 0 Å². The number of carbonyl (C=O) groups is 4. The number of amides is 3. The van der Waals surface area contributed by atoms with Crippen LogP contribution < -0.4 is 10.6 Å². The third-order valence-corrected chi connectivity index (χ3v) is 4.09. The monoisotopic (exact) mass is 361 g/mol. The predicted octanol–water partition coefficient (Wildman–Crippen LogP) is 1.56. The minimum absolute atomic E-state index is 0.126. The lowest BCUT2D eigenvalue weighted by Crippen LogP contribution is -2.49. The highest BCUT2D eigenvalue weighted by molar-refractivity contribution is 6.39. The molecule has 1 heterocycles. The first kappa shape index (κ1) is 19.4. The van der Waals surface area contributed by atoms with Crippen molar-refractivity contribution in [1.82, 2.24) is 10.2 Å². The standard InChI is InChI=1S/C18H23N3O5/c1-3-26-18(25)21-9-7-14(8-10-21)19-16(23)17(24)20-15-6-4-5-13(11-15)12(2)22/h4-6,11,14H,3,7-10H2,1-2H3,(H,19,23)(H,20,24). The summed E-state index contributed by atoms with van der Waals surface area (Å²) >= 11 is 0. The summed E-state index contributed by atoms with van der Waals surface area (Å²) in [4.78, 5) is 48.7. The molecule has 1 aromatic rings. The van der Waals surface area contributed by atoms with E-state index in [1.54, 1.807) is 30.0 Å². The van der Waals surface area contributed by atoms with Crippen molar-refractivity contribution in [3.05, 3.63) is 29.8 Å². The van der Waals surface area contributed by atoms with Crippen LogP contribution in [0.3, 0.4) is 0 Å². The van der Waals surface area contributed by atoms with Crippen LogP contribution in [0, 0.1) is 0 Å². The van der Waals surface area contributed by atoms with Crippen LogP contribution in [-0.4, -0.2) is 54.3 Å². The molecule has 1 aliphatic heterocycles. The minimum Gasteiger partial charge on any atom is -0.450 e. The van der Waals surface area contributed by atoms with Gasteiger partial charge in [0.2, 0.25) is 0 Å². The first-order valence-corrected chi connectivity index (χ1v) is 8.55. The van der Waals surface area contributed by atoms with Gasteiger partial charge in [0, 0.05) is 30.4 Å². The summed E-state index contributed by atoms with van der Waals surface area (Å²) < 4.78 is 4.94. The number of ketones is 1. The van der Waals surface area contributed by atoms with E-state index in [0.717, 1.165) is 0 Å². The van der Waals surface area contributed by atoms with E-state index >= 15 is 0 Å². The lowest BCUT2D eigenvalue weighted by molar-refractivity contribution is -0.136. The van der Waals surface area contributed by atoms with Gasteiger partial charge in [-0.3, -0.25) is 14.4 Å². The van der Waals surface area contributed by atoms with Gasteiger partial charge in [0.05, 0.1) is 6.61 Å². The van der Waals surface area contributed by atoms with E-state index in [2.05, 4.69) is 10.6 Å². The van der Waals surface area contributed by atoms with Gasteiger partial charge in [-0.2, -0.15) is 0 Å². The van der Waals surface area contributed by atoms with Crippen molar-refractivity contribution >= 4 is 29.4 Å². The summed E-state index contributed by atoms with van der Waals surface area (Å²) in [6, 6.07) is 6.22. The van der Waals surface area contributed by atoms with Gasteiger partial charge in [-0.15, -0.1) is 0 Å². The number of nitrogens with zero attached hydrogens (tertiary/aromatic N) is 1. The Morgan fingerprint density at radius 3 is 2.46 bits per heavy atom. The number of hydrogen-bond acceptors (Lipinski definition) is 5. The normalized spacial score (nSPS) is 14.5. The zero-order chi connectivity index (χ0) is 19.1. The number of piperidine rings is 1. The van der Waals surface area contributed by atoms with Gasteiger partial charge >= 0.3 is 17.9 Å². The molecule has 1 aromatic carbocycles. The molecule has 0 aromatic heterocycles.